The van der Waals surface area contributed by atoms with E-state index >= 15 is 0 Å². The summed E-state index contributed by atoms with van der Waals surface area (Å²) in [4.78, 5) is 0. The Morgan fingerprint density at radius 3 is 1.88 bits per heavy atom. The number of benzene rings is 2. The van der Waals surface area contributed by atoms with Crippen LogP contribution in [0.2, 0.25) is 0 Å². The molecule has 0 spiro atoms. The first-order valence-corrected chi connectivity index (χ1v) is 9.29. The molecule has 0 aromatic heterocycles. The molecule has 0 saturated heterocycles. The normalized spacial score (nSPS) is 11.8. The Morgan fingerprint density at radius 1 is 0.808 bits per heavy atom. The van der Waals surface area contributed by atoms with Crippen LogP contribution in [0.15, 0.2) is 42.5 Å². The Hall–Kier alpha value is -2.46. The van der Waals surface area contributed by atoms with Crippen molar-refractivity contribution in [1.82, 2.24) is 0 Å². The quantitative estimate of drug-likeness (QED) is 0.513. The lowest BCUT2D eigenvalue weighted by molar-refractivity contribution is -0.923. The first kappa shape index (κ1) is 19.9. The summed E-state index contributed by atoms with van der Waals surface area (Å²) in [6, 6.07) is 12.5. The van der Waals surface area contributed by atoms with E-state index in [1.54, 1.807) is 12.1 Å². The molecular weight excluding hydrogens is 326 g/mol. The van der Waals surface area contributed by atoms with Crippen LogP contribution in [0, 0.1) is 0 Å². The Morgan fingerprint density at radius 2 is 1.35 bits per heavy atom. The van der Waals surface area contributed by atoms with Gasteiger partial charge in [0.2, 0.25) is 0 Å². The van der Waals surface area contributed by atoms with Crippen molar-refractivity contribution in [3.8, 4) is 17.2 Å². The second-order valence-corrected chi connectivity index (χ2v) is 6.55. The summed E-state index contributed by atoms with van der Waals surface area (Å²) in [7, 11) is 0. The zero-order valence-electron chi connectivity index (χ0n) is 16.0. The molecule has 4 nitrogen and oxygen atoms in total. The number of hydrogen-bond acceptors (Lipinski definition) is 3. The van der Waals surface area contributed by atoms with Crippen molar-refractivity contribution in [2.45, 2.75) is 20.8 Å². The van der Waals surface area contributed by atoms with Crippen molar-refractivity contribution in [1.29, 1.82) is 0 Å². The van der Waals surface area contributed by atoms with E-state index in [2.05, 4.69) is 20.8 Å². The van der Waals surface area contributed by atoms with E-state index in [1.165, 1.54) is 6.07 Å². The number of phenolic OH excluding ortho intramolecular Hbond substituents is 2. The fraction of sp³-hybridized carbons (Fsp3) is 0.364. The fourth-order valence-corrected chi connectivity index (χ4v) is 3.08. The minimum atomic E-state index is 0.0501. The number of phenols is 2. The van der Waals surface area contributed by atoms with Gasteiger partial charge in [0.15, 0.2) is 0 Å². The number of quaternary nitrogens is 1. The molecular formula is C22H30NO3+. The summed E-state index contributed by atoms with van der Waals surface area (Å²) in [5, 5.41) is 19.0. The molecule has 0 heterocycles. The molecule has 0 aliphatic rings. The summed E-state index contributed by atoms with van der Waals surface area (Å²) >= 11 is 0. The number of rotatable bonds is 9. The van der Waals surface area contributed by atoms with Crippen LogP contribution >= 0.6 is 0 Å². The van der Waals surface area contributed by atoms with Gasteiger partial charge in [0.1, 0.15) is 30.4 Å². The molecule has 2 aromatic rings. The molecule has 0 bridgehead atoms. The van der Waals surface area contributed by atoms with Gasteiger partial charge in [-0.05, 0) is 56.2 Å². The van der Waals surface area contributed by atoms with Gasteiger partial charge < -0.3 is 19.4 Å². The molecule has 4 heteroatoms. The third-order valence-electron chi connectivity index (χ3n) is 5.12. The van der Waals surface area contributed by atoms with E-state index in [-0.39, 0.29) is 11.5 Å². The van der Waals surface area contributed by atoms with E-state index in [4.69, 9.17) is 4.74 Å². The van der Waals surface area contributed by atoms with Gasteiger partial charge in [-0.3, -0.25) is 0 Å². The van der Waals surface area contributed by atoms with Gasteiger partial charge >= 0.3 is 0 Å². The van der Waals surface area contributed by atoms with Crippen LogP contribution < -0.4 is 4.74 Å². The molecule has 26 heavy (non-hydrogen) atoms. The lowest BCUT2D eigenvalue weighted by atomic mass is 10.1. The average molecular weight is 356 g/mol. The largest absolute Gasteiger partial charge is 0.508 e. The zero-order valence-corrected chi connectivity index (χ0v) is 16.0. The fourth-order valence-electron chi connectivity index (χ4n) is 3.08. The molecule has 0 unspecified atom stereocenters. The predicted molar refractivity (Wildman–Crippen MR) is 107 cm³/mol. The Kier molecular flexibility index (Phi) is 7.10. The number of hydrogen-bond donors (Lipinski definition) is 2. The summed E-state index contributed by atoms with van der Waals surface area (Å²) in [5.74, 6) is 0.974. The molecule has 0 atom stereocenters. The van der Waals surface area contributed by atoms with E-state index in [0.29, 0.717) is 6.61 Å². The van der Waals surface area contributed by atoms with Gasteiger partial charge in [-0.1, -0.05) is 24.3 Å². The summed E-state index contributed by atoms with van der Waals surface area (Å²) in [6.45, 7) is 11.8. The van der Waals surface area contributed by atoms with Crippen molar-refractivity contribution in [2.75, 3.05) is 32.8 Å². The first-order chi connectivity index (χ1) is 12.5. The SMILES string of the molecule is CC[N+](CC)(CC)CCOc1ccc(C=Cc2cc(O)cc(O)c2)cc1. The smallest absolute Gasteiger partial charge is 0.137 e. The minimum Gasteiger partial charge on any atom is -0.508 e. The third-order valence-corrected chi connectivity index (χ3v) is 5.12. The molecule has 0 aliphatic heterocycles. The highest BCUT2D eigenvalue weighted by molar-refractivity contribution is 5.71. The molecule has 0 saturated carbocycles. The van der Waals surface area contributed by atoms with Gasteiger partial charge in [-0.15, -0.1) is 0 Å². The molecule has 2 N–H and O–H groups in total. The lowest BCUT2D eigenvalue weighted by Gasteiger charge is -2.35. The molecule has 140 valence electrons. The highest BCUT2D eigenvalue weighted by Crippen LogP contribution is 2.22. The van der Waals surface area contributed by atoms with Crippen molar-refractivity contribution in [2.24, 2.45) is 0 Å². The van der Waals surface area contributed by atoms with Crippen LogP contribution in [-0.4, -0.2) is 47.5 Å². The van der Waals surface area contributed by atoms with Crippen molar-refractivity contribution >= 4 is 12.2 Å². The van der Waals surface area contributed by atoms with Crippen LogP contribution in [0.5, 0.6) is 17.2 Å². The van der Waals surface area contributed by atoms with Gasteiger partial charge in [0, 0.05) is 6.07 Å². The monoisotopic (exact) mass is 356 g/mol. The van der Waals surface area contributed by atoms with Gasteiger partial charge in [-0.2, -0.15) is 0 Å². The highest BCUT2D eigenvalue weighted by atomic mass is 16.5. The maximum absolute atomic E-state index is 9.51. The topological polar surface area (TPSA) is 49.7 Å². The Labute approximate surface area is 156 Å². The second-order valence-electron chi connectivity index (χ2n) is 6.55. The zero-order chi connectivity index (χ0) is 19.0. The van der Waals surface area contributed by atoms with Crippen molar-refractivity contribution in [3.05, 3.63) is 53.6 Å². The highest BCUT2D eigenvalue weighted by Gasteiger charge is 2.20. The van der Waals surface area contributed by atoms with E-state index < -0.39 is 0 Å². The van der Waals surface area contributed by atoms with E-state index in [1.807, 2.05) is 36.4 Å². The Bertz CT molecular complexity index is 690. The first-order valence-electron chi connectivity index (χ1n) is 9.29. The van der Waals surface area contributed by atoms with Crippen molar-refractivity contribution in [3.63, 3.8) is 0 Å². The molecule has 0 amide bonds. The molecule has 2 aromatic carbocycles. The van der Waals surface area contributed by atoms with Crippen LogP contribution in [0.1, 0.15) is 31.9 Å². The molecule has 0 fully saturated rings. The van der Waals surface area contributed by atoms with Gasteiger partial charge in [-0.25, -0.2) is 0 Å². The van der Waals surface area contributed by atoms with Crippen LogP contribution in [0.25, 0.3) is 12.2 Å². The maximum atomic E-state index is 9.51. The lowest BCUT2D eigenvalue weighted by Crippen LogP contribution is -2.49. The van der Waals surface area contributed by atoms with Crippen LogP contribution in [0.4, 0.5) is 0 Å². The number of ether oxygens (including phenoxy) is 1. The van der Waals surface area contributed by atoms with Crippen molar-refractivity contribution < 1.29 is 19.4 Å². The molecule has 0 radical (unpaired) electrons. The maximum Gasteiger partial charge on any atom is 0.137 e. The van der Waals surface area contributed by atoms with E-state index in [0.717, 1.165) is 47.5 Å². The average Bonchev–Trinajstić information content (AvgIpc) is 2.64. The van der Waals surface area contributed by atoms with Gasteiger partial charge in [0.05, 0.1) is 19.6 Å². The Balaban J connectivity index is 1.92. The molecule has 0 aliphatic carbocycles. The minimum absolute atomic E-state index is 0.0501. The van der Waals surface area contributed by atoms with E-state index in [9.17, 15) is 10.2 Å². The summed E-state index contributed by atoms with van der Waals surface area (Å²) in [6.07, 6.45) is 3.79. The summed E-state index contributed by atoms with van der Waals surface area (Å²) < 4.78 is 6.99. The standard InChI is InChI=1S/C22H29NO3/c1-4-23(5-2,6-3)13-14-26-22-11-9-18(10-12-22)7-8-19-15-20(24)17-21(25)16-19/h7-12,15-17H,4-6,13-14H2,1-3H3,(H-,24,25)/p+1. The number of aromatic hydroxyl groups is 2. The predicted octanol–water partition coefficient (Wildman–Crippen LogP) is 4.52. The van der Waals surface area contributed by atoms with Crippen LogP contribution in [-0.2, 0) is 0 Å². The summed E-state index contributed by atoms with van der Waals surface area (Å²) in [5.41, 5.74) is 1.77. The van der Waals surface area contributed by atoms with Crippen LogP contribution in [0.3, 0.4) is 0 Å². The number of likely N-dealkylation sites (N-methyl/N-ethyl adjacent to an activating group) is 1. The third kappa shape index (κ3) is 5.53. The second kappa shape index (κ2) is 9.30. The molecule has 2 rings (SSSR count). The number of nitrogens with zero attached hydrogens (tertiary/aromatic N) is 1. The van der Waals surface area contributed by atoms with Gasteiger partial charge in [0.25, 0.3) is 0 Å².